The molecule has 0 bridgehead atoms. The van der Waals surface area contributed by atoms with Crippen LogP contribution in [0.25, 0.3) is 5.65 Å². The Kier molecular flexibility index (Phi) is 4.30. The van der Waals surface area contributed by atoms with Gasteiger partial charge < -0.3 is 5.32 Å². The van der Waals surface area contributed by atoms with Crippen LogP contribution in [0.2, 0.25) is 0 Å². The third kappa shape index (κ3) is 3.30. The van der Waals surface area contributed by atoms with Gasteiger partial charge in [-0.05, 0) is 18.6 Å². The lowest BCUT2D eigenvalue weighted by Gasteiger charge is -2.04. The molecule has 0 radical (unpaired) electrons. The summed E-state index contributed by atoms with van der Waals surface area (Å²) in [5.74, 6) is 1.54. The number of rotatable bonds is 6. The summed E-state index contributed by atoms with van der Waals surface area (Å²) in [6.07, 6.45) is 6.60. The van der Waals surface area contributed by atoms with Crippen LogP contribution in [0.5, 0.6) is 0 Å². The lowest BCUT2D eigenvalue weighted by atomic mass is 10.4. The van der Waals surface area contributed by atoms with Gasteiger partial charge in [-0.15, -0.1) is 10.2 Å². The number of pyridine rings is 1. The van der Waals surface area contributed by atoms with Crippen molar-refractivity contribution in [3.63, 3.8) is 0 Å². The van der Waals surface area contributed by atoms with Crippen molar-refractivity contribution in [2.45, 2.75) is 24.3 Å². The van der Waals surface area contributed by atoms with Crippen molar-refractivity contribution in [3.8, 4) is 0 Å². The Morgan fingerprint density at radius 1 is 1.19 bits per heavy atom. The molecule has 1 N–H and O–H groups in total. The molecule has 0 amide bonds. The highest BCUT2D eigenvalue weighted by atomic mass is 32.2. The van der Waals surface area contributed by atoms with Gasteiger partial charge in [0.15, 0.2) is 10.8 Å². The molecule has 0 spiro atoms. The van der Waals surface area contributed by atoms with Crippen LogP contribution in [0.15, 0.2) is 41.9 Å². The molecule has 0 aliphatic heterocycles. The third-order valence-corrected chi connectivity index (χ3v) is 3.87. The topological polar surface area (TPSA) is 68.0 Å². The van der Waals surface area contributed by atoms with Crippen LogP contribution in [0.1, 0.15) is 19.0 Å². The second kappa shape index (κ2) is 6.53. The van der Waals surface area contributed by atoms with Crippen LogP contribution >= 0.6 is 11.8 Å². The van der Waals surface area contributed by atoms with Gasteiger partial charge in [-0.2, -0.15) is 0 Å². The predicted molar refractivity (Wildman–Crippen MR) is 83.4 cm³/mol. The fourth-order valence-corrected chi connectivity index (χ4v) is 2.65. The van der Waals surface area contributed by atoms with Gasteiger partial charge in [0, 0.05) is 18.5 Å². The maximum atomic E-state index is 4.41. The van der Waals surface area contributed by atoms with Crippen LogP contribution in [0.4, 0.5) is 5.82 Å². The number of hydrogen-bond acceptors (Lipinski definition) is 6. The minimum Gasteiger partial charge on any atom is -0.369 e. The monoisotopic (exact) mass is 300 g/mol. The molecule has 108 valence electrons. The molecule has 6 nitrogen and oxygen atoms in total. The van der Waals surface area contributed by atoms with E-state index >= 15 is 0 Å². The van der Waals surface area contributed by atoms with Crippen molar-refractivity contribution >= 4 is 23.2 Å². The van der Waals surface area contributed by atoms with Crippen molar-refractivity contribution in [2.75, 3.05) is 11.9 Å². The van der Waals surface area contributed by atoms with E-state index in [2.05, 4.69) is 32.4 Å². The number of thioether (sulfide) groups is 1. The molecule has 3 rings (SSSR count). The van der Waals surface area contributed by atoms with Crippen LogP contribution in [-0.2, 0) is 5.75 Å². The average Bonchev–Trinajstić information content (AvgIpc) is 2.95. The Morgan fingerprint density at radius 3 is 2.95 bits per heavy atom. The smallest absolute Gasteiger partial charge is 0.195 e. The molecule has 3 aromatic rings. The van der Waals surface area contributed by atoms with E-state index < -0.39 is 0 Å². The van der Waals surface area contributed by atoms with Gasteiger partial charge in [-0.1, -0.05) is 24.8 Å². The first-order chi connectivity index (χ1) is 10.4. The van der Waals surface area contributed by atoms with Gasteiger partial charge >= 0.3 is 0 Å². The zero-order chi connectivity index (χ0) is 14.5. The minimum absolute atomic E-state index is 0.719. The van der Waals surface area contributed by atoms with Crippen molar-refractivity contribution in [3.05, 3.63) is 42.5 Å². The number of fused-ring (bicyclic) bond motifs is 1. The molecule has 0 fully saturated rings. The van der Waals surface area contributed by atoms with E-state index in [1.807, 2.05) is 28.8 Å². The van der Waals surface area contributed by atoms with Crippen LogP contribution in [0.3, 0.4) is 0 Å². The molecule has 0 aliphatic carbocycles. The van der Waals surface area contributed by atoms with E-state index in [0.29, 0.717) is 0 Å². The summed E-state index contributed by atoms with van der Waals surface area (Å²) in [5, 5.41) is 12.4. The summed E-state index contributed by atoms with van der Waals surface area (Å²) in [7, 11) is 0. The second-order valence-electron chi connectivity index (χ2n) is 4.52. The van der Waals surface area contributed by atoms with Gasteiger partial charge in [0.1, 0.15) is 5.82 Å². The molecule has 7 heteroatoms. The summed E-state index contributed by atoms with van der Waals surface area (Å²) in [5.41, 5.74) is 1.78. The van der Waals surface area contributed by atoms with Gasteiger partial charge in [0.25, 0.3) is 0 Å². The molecule has 21 heavy (non-hydrogen) atoms. The molecule has 0 saturated heterocycles. The lowest BCUT2D eigenvalue weighted by molar-refractivity contribution is 0.919. The van der Waals surface area contributed by atoms with Crippen LogP contribution < -0.4 is 5.32 Å². The number of nitrogens with one attached hydrogen (secondary N) is 1. The fourth-order valence-electron chi connectivity index (χ4n) is 1.83. The lowest BCUT2D eigenvalue weighted by Crippen LogP contribution is -2.03. The van der Waals surface area contributed by atoms with Crippen LogP contribution in [0, 0.1) is 0 Å². The zero-order valence-electron chi connectivity index (χ0n) is 11.7. The quantitative estimate of drug-likeness (QED) is 0.706. The van der Waals surface area contributed by atoms with Crippen molar-refractivity contribution < 1.29 is 0 Å². The molecular weight excluding hydrogens is 284 g/mol. The maximum absolute atomic E-state index is 4.41. The van der Waals surface area contributed by atoms with Crippen molar-refractivity contribution in [1.82, 2.24) is 24.6 Å². The molecule has 3 aromatic heterocycles. The third-order valence-electron chi connectivity index (χ3n) is 2.89. The largest absolute Gasteiger partial charge is 0.369 e. The molecule has 0 aromatic carbocycles. The Balaban J connectivity index is 1.64. The Hall–Kier alpha value is -2.15. The van der Waals surface area contributed by atoms with E-state index in [-0.39, 0.29) is 0 Å². The van der Waals surface area contributed by atoms with Gasteiger partial charge in [-0.3, -0.25) is 9.38 Å². The SMILES string of the molecule is CCCNc1cnc(CSc2nnc3ccccn23)cn1. The van der Waals surface area contributed by atoms with E-state index in [9.17, 15) is 0 Å². The molecular formula is C14H16N6S. The highest BCUT2D eigenvalue weighted by Crippen LogP contribution is 2.20. The summed E-state index contributed by atoms with van der Waals surface area (Å²) in [6, 6.07) is 5.85. The normalized spacial score (nSPS) is 10.9. The Bertz CT molecular complexity index is 709. The van der Waals surface area contributed by atoms with Crippen molar-refractivity contribution in [1.29, 1.82) is 0 Å². The number of nitrogens with zero attached hydrogens (tertiary/aromatic N) is 5. The Morgan fingerprint density at radius 2 is 2.14 bits per heavy atom. The standard InChI is InChI=1S/C14H16N6S/c1-2-6-15-12-9-16-11(8-17-12)10-21-14-19-18-13-5-3-4-7-20(13)14/h3-5,7-9H,2,6,10H2,1H3,(H,15,17). The number of anilines is 1. The van der Waals surface area contributed by atoms with Crippen LogP contribution in [-0.4, -0.2) is 31.1 Å². The minimum atomic E-state index is 0.719. The highest BCUT2D eigenvalue weighted by Gasteiger charge is 2.06. The molecule has 0 atom stereocenters. The first kappa shape index (κ1) is 13.8. The van der Waals surface area contributed by atoms with Gasteiger partial charge in [-0.25, -0.2) is 4.98 Å². The number of hydrogen-bond donors (Lipinski definition) is 1. The summed E-state index contributed by atoms with van der Waals surface area (Å²) in [4.78, 5) is 8.76. The summed E-state index contributed by atoms with van der Waals surface area (Å²) in [6.45, 7) is 3.03. The molecule has 0 aliphatic rings. The Labute approximate surface area is 127 Å². The maximum Gasteiger partial charge on any atom is 0.195 e. The first-order valence-corrected chi connectivity index (χ1v) is 7.82. The summed E-state index contributed by atoms with van der Waals surface area (Å²) < 4.78 is 1.97. The van der Waals surface area contributed by atoms with E-state index in [0.717, 1.165) is 41.0 Å². The first-order valence-electron chi connectivity index (χ1n) is 6.84. The molecule has 3 heterocycles. The van der Waals surface area contributed by atoms with E-state index in [1.54, 1.807) is 24.2 Å². The molecule has 0 unspecified atom stereocenters. The van der Waals surface area contributed by atoms with E-state index in [1.165, 1.54) is 0 Å². The van der Waals surface area contributed by atoms with Gasteiger partial charge in [0.05, 0.1) is 18.1 Å². The van der Waals surface area contributed by atoms with Crippen molar-refractivity contribution in [2.24, 2.45) is 0 Å². The zero-order valence-corrected chi connectivity index (χ0v) is 12.5. The number of aromatic nitrogens is 5. The van der Waals surface area contributed by atoms with Gasteiger partial charge in [0.2, 0.25) is 0 Å². The molecule has 0 saturated carbocycles. The predicted octanol–water partition coefficient (Wildman–Crippen LogP) is 2.63. The van der Waals surface area contributed by atoms with E-state index in [4.69, 9.17) is 0 Å². The summed E-state index contributed by atoms with van der Waals surface area (Å²) >= 11 is 1.60. The average molecular weight is 300 g/mol. The fraction of sp³-hybridized carbons (Fsp3) is 0.286. The second-order valence-corrected chi connectivity index (χ2v) is 5.46. The highest BCUT2D eigenvalue weighted by molar-refractivity contribution is 7.98.